The summed E-state index contributed by atoms with van der Waals surface area (Å²) in [5.74, 6) is 2.86. The molecule has 164 valence electrons. The number of rotatable bonds is 7. The van der Waals surface area contributed by atoms with Crippen LogP contribution in [0.5, 0.6) is 0 Å². The van der Waals surface area contributed by atoms with Crippen LogP contribution in [0.4, 0.5) is 0 Å². The Morgan fingerprint density at radius 3 is 2.43 bits per heavy atom. The number of hydrogen-bond donors (Lipinski definition) is 2. The van der Waals surface area contributed by atoms with Crippen LogP contribution in [0.1, 0.15) is 58.8 Å². The summed E-state index contributed by atoms with van der Waals surface area (Å²) in [5, 5.41) is 7.06. The molecule has 2 rings (SSSR count). The van der Waals surface area contributed by atoms with Gasteiger partial charge in [0.15, 0.2) is 5.96 Å². The number of carbonyl (C=O) groups excluding carboxylic acids is 1. The number of nitrogens with one attached hydrogen (secondary N) is 2. The molecule has 2 N–H and O–H groups in total. The van der Waals surface area contributed by atoms with Crippen molar-refractivity contribution < 1.29 is 4.79 Å². The number of hydrogen-bond acceptors (Lipinski definition) is 3. The minimum Gasteiger partial charge on any atom is -0.356 e. The molecule has 1 atom stereocenters. The number of likely N-dealkylation sites (tertiary alicyclic amines) is 1. The zero-order valence-corrected chi connectivity index (χ0v) is 20.9. The highest BCUT2D eigenvalue weighted by Gasteiger charge is 2.31. The van der Waals surface area contributed by atoms with Gasteiger partial charge in [-0.05, 0) is 63.3 Å². The van der Waals surface area contributed by atoms with Crippen molar-refractivity contribution in [3.8, 4) is 0 Å². The van der Waals surface area contributed by atoms with Crippen LogP contribution < -0.4 is 10.6 Å². The van der Waals surface area contributed by atoms with E-state index in [4.69, 9.17) is 0 Å². The molecule has 6 nitrogen and oxygen atoms in total. The Morgan fingerprint density at radius 2 is 1.86 bits per heavy atom. The molecule has 0 bridgehead atoms. The first-order valence-corrected chi connectivity index (χ1v) is 10.8. The fourth-order valence-electron chi connectivity index (χ4n) is 4.48. The highest BCUT2D eigenvalue weighted by Crippen LogP contribution is 2.29. The third-order valence-corrected chi connectivity index (χ3v) is 6.28. The minimum absolute atomic E-state index is 0. The van der Waals surface area contributed by atoms with Gasteiger partial charge in [-0.15, -0.1) is 24.0 Å². The van der Waals surface area contributed by atoms with Gasteiger partial charge < -0.3 is 15.5 Å². The van der Waals surface area contributed by atoms with Crippen LogP contribution in [0.25, 0.3) is 0 Å². The lowest BCUT2D eigenvalue weighted by Crippen LogP contribution is -2.46. The molecule has 1 saturated carbocycles. The number of halogens is 1. The van der Waals surface area contributed by atoms with Crippen molar-refractivity contribution in [3.63, 3.8) is 0 Å². The minimum atomic E-state index is 0. The molecule has 1 aliphatic carbocycles. The predicted octanol–water partition coefficient (Wildman–Crippen LogP) is 2.93. The van der Waals surface area contributed by atoms with Gasteiger partial charge in [-0.25, -0.2) is 0 Å². The largest absolute Gasteiger partial charge is 0.356 e. The number of nitrogens with zero attached hydrogens (tertiary/aromatic N) is 3. The van der Waals surface area contributed by atoms with Crippen LogP contribution in [-0.2, 0) is 4.79 Å². The standard InChI is InChI=1S/C21H41N5O.HI/c1-16(2)17-9-11-18(12-10-17)24-21(22-3)23-13-7-15-26-14-6-8-19(26)20(27)25(4)5;/h16-19H,6-15H2,1-5H3,(H2,22,23,24);1H. The molecule has 0 aromatic carbocycles. The summed E-state index contributed by atoms with van der Waals surface area (Å²) >= 11 is 0. The molecule has 1 amide bonds. The van der Waals surface area contributed by atoms with Gasteiger partial charge in [0.25, 0.3) is 0 Å². The van der Waals surface area contributed by atoms with E-state index in [1.165, 1.54) is 25.7 Å². The Morgan fingerprint density at radius 1 is 1.18 bits per heavy atom. The van der Waals surface area contributed by atoms with Crippen molar-refractivity contribution in [3.05, 3.63) is 0 Å². The van der Waals surface area contributed by atoms with E-state index >= 15 is 0 Å². The summed E-state index contributed by atoms with van der Waals surface area (Å²) in [7, 11) is 5.55. The fraction of sp³-hybridized carbons (Fsp3) is 0.905. The lowest BCUT2D eigenvalue weighted by Gasteiger charge is -2.32. The van der Waals surface area contributed by atoms with E-state index in [2.05, 4.69) is 34.4 Å². The Bertz CT molecular complexity index is 489. The average Bonchev–Trinajstić information content (AvgIpc) is 3.12. The number of carbonyl (C=O) groups is 1. The molecular formula is C21H42IN5O. The predicted molar refractivity (Wildman–Crippen MR) is 128 cm³/mol. The molecule has 2 aliphatic rings. The zero-order chi connectivity index (χ0) is 19.8. The summed E-state index contributed by atoms with van der Waals surface area (Å²) in [4.78, 5) is 20.7. The van der Waals surface area contributed by atoms with E-state index < -0.39 is 0 Å². The Kier molecular flexibility index (Phi) is 11.7. The van der Waals surface area contributed by atoms with Gasteiger partial charge in [0.05, 0.1) is 6.04 Å². The third kappa shape index (κ3) is 7.69. The molecule has 1 aliphatic heterocycles. The van der Waals surface area contributed by atoms with Crippen LogP contribution >= 0.6 is 24.0 Å². The first-order chi connectivity index (χ1) is 12.9. The molecule has 7 heteroatoms. The average molecular weight is 508 g/mol. The van der Waals surface area contributed by atoms with Crippen molar-refractivity contribution in [2.24, 2.45) is 16.8 Å². The molecule has 28 heavy (non-hydrogen) atoms. The van der Waals surface area contributed by atoms with Crippen molar-refractivity contribution in [1.82, 2.24) is 20.4 Å². The molecule has 0 aromatic rings. The van der Waals surface area contributed by atoms with Crippen LogP contribution in [0.3, 0.4) is 0 Å². The number of likely N-dealkylation sites (N-methyl/N-ethyl adjacent to an activating group) is 1. The second-order valence-corrected chi connectivity index (χ2v) is 8.78. The normalized spacial score (nSPS) is 26.1. The molecule has 0 aromatic heterocycles. The lowest BCUT2D eigenvalue weighted by atomic mass is 9.80. The van der Waals surface area contributed by atoms with Gasteiger partial charge in [-0.1, -0.05) is 13.8 Å². The fourth-order valence-corrected chi connectivity index (χ4v) is 4.48. The monoisotopic (exact) mass is 507 g/mol. The molecule has 1 unspecified atom stereocenters. The Hall–Kier alpha value is -0.570. The Balaban J connectivity index is 0.00000392. The summed E-state index contributed by atoms with van der Waals surface area (Å²) in [6.07, 6.45) is 8.27. The molecular weight excluding hydrogens is 465 g/mol. The van der Waals surface area contributed by atoms with Crippen LogP contribution in [-0.4, -0.2) is 74.5 Å². The van der Waals surface area contributed by atoms with Crippen LogP contribution in [0, 0.1) is 11.8 Å². The number of guanidine groups is 1. The first-order valence-electron chi connectivity index (χ1n) is 10.8. The van der Waals surface area contributed by atoms with Crippen LogP contribution in [0.2, 0.25) is 0 Å². The molecule has 2 fully saturated rings. The quantitative estimate of drug-likeness (QED) is 0.241. The third-order valence-electron chi connectivity index (χ3n) is 6.28. The van der Waals surface area contributed by atoms with E-state index in [1.807, 2.05) is 21.1 Å². The maximum absolute atomic E-state index is 12.3. The summed E-state index contributed by atoms with van der Waals surface area (Å²) in [6, 6.07) is 0.625. The molecule has 1 heterocycles. The van der Waals surface area contributed by atoms with Gasteiger partial charge in [0.1, 0.15) is 0 Å². The van der Waals surface area contributed by atoms with E-state index in [-0.39, 0.29) is 35.9 Å². The van der Waals surface area contributed by atoms with Crippen molar-refractivity contribution in [2.45, 2.75) is 70.9 Å². The molecule has 0 spiro atoms. The number of amides is 1. The maximum Gasteiger partial charge on any atom is 0.239 e. The smallest absolute Gasteiger partial charge is 0.239 e. The highest BCUT2D eigenvalue weighted by atomic mass is 127. The second-order valence-electron chi connectivity index (χ2n) is 8.78. The van der Waals surface area contributed by atoms with Gasteiger partial charge >= 0.3 is 0 Å². The van der Waals surface area contributed by atoms with Crippen molar-refractivity contribution in [2.75, 3.05) is 40.8 Å². The highest BCUT2D eigenvalue weighted by molar-refractivity contribution is 14.0. The topological polar surface area (TPSA) is 60.0 Å². The van der Waals surface area contributed by atoms with Gasteiger partial charge in [-0.3, -0.25) is 14.7 Å². The zero-order valence-electron chi connectivity index (χ0n) is 18.5. The summed E-state index contributed by atoms with van der Waals surface area (Å²) in [6.45, 7) is 7.58. The lowest BCUT2D eigenvalue weighted by molar-refractivity contribution is -0.133. The van der Waals surface area contributed by atoms with Gasteiger partial charge in [0, 0.05) is 40.3 Å². The summed E-state index contributed by atoms with van der Waals surface area (Å²) < 4.78 is 0. The second kappa shape index (κ2) is 12.9. The van der Waals surface area contributed by atoms with Crippen LogP contribution in [0.15, 0.2) is 4.99 Å². The maximum atomic E-state index is 12.3. The van der Waals surface area contributed by atoms with E-state index in [0.717, 1.165) is 56.7 Å². The summed E-state index contributed by atoms with van der Waals surface area (Å²) in [5.41, 5.74) is 0. The van der Waals surface area contributed by atoms with Gasteiger partial charge in [0.2, 0.25) is 5.91 Å². The molecule has 1 saturated heterocycles. The molecule has 0 radical (unpaired) electrons. The van der Waals surface area contributed by atoms with E-state index in [9.17, 15) is 4.79 Å². The Labute approximate surface area is 189 Å². The van der Waals surface area contributed by atoms with Crippen molar-refractivity contribution >= 4 is 35.8 Å². The van der Waals surface area contributed by atoms with E-state index in [1.54, 1.807) is 4.90 Å². The first kappa shape index (κ1) is 25.5. The van der Waals surface area contributed by atoms with Gasteiger partial charge in [-0.2, -0.15) is 0 Å². The van der Waals surface area contributed by atoms with E-state index in [0.29, 0.717) is 6.04 Å². The SMILES string of the molecule is CN=C(NCCCN1CCCC1C(=O)N(C)C)NC1CCC(C(C)C)CC1.I. The van der Waals surface area contributed by atoms with Crippen molar-refractivity contribution in [1.29, 1.82) is 0 Å². The number of aliphatic imine (C=N–C) groups is 1.